The Morgan fingerprint density at radius 1 is 1.06 bits per heavy atom. The van der Waals surface area contributed by atoms with E-state index in [-0.39, 0.29) is 6.61 Å². The number of para-hydroxylation sites is 1. The molecule has 0 spiro atoms. The molecule has 3 aromatic rings. The lowest BCUT2D eigenvalue weighted by molar-refractivity contribution is -0.140. The summed E-state index contributed by atoms with van der Waals surface area (Å²) < 4.78 is 32.7. The Labute approximate surface area is 209 Å². The Morgan fingerprint density at radius 2 is 1.75 bits per heavy atom. The maximum absolute atomic E-state index is 13.4. The zero-order valence-electron chi connectivity index (χ0n) is 20.0. The van der Waals surface area contributed by atoms with Gasteiger partial charge in [0.1, 0.15) is 12.6 Å². The van der Waals surface area contributed by atoms with Gasteiger partial charge in [-0.1, -0.05) is 53.6 Å². The maximum atomic E-state index is 13.4. The predicted octanol–water partition coefficient (Wildman–Crippen LogP) is 1.79. The number of rotatable bonds is 6. The number of tetrazole rings is 1. The van der Waals surface area contributed by atoms with Gasteiger partial charge in [-0.05, 0) is 29.0 Å². The summed E-state index contributed by atoms with van der Waals surface area (Å²) in [4.78, 5) is 15.6. The van der Waals surface area contributed by atoms with Gasteiger partial charge in [0.15, 0.2) is 0 Å². The molecule has 0 radical (unpaired) electrons. The lowest BCUT2D eigenvalue weighted by Crippen LogP contribution is -2.48. The molecule has 2 aliphatic rings. The molecule has 0 saturated carbocycles. The van der Waals surface area contributed by atoms with E-state index >= 15 is 0 Å². The Bertz CT molecular complexity index is 1400. The van der Waals surface area contributed by atoms with E-state index in [1.807, 2.05) is 54.6 Å². The van der Waals surface area contributed by atoms with Crippen molar-refractivity contribution in [1.29, 1.82) is 0 Å². The number of sulfonamides is 1. The lowest BCUT2D eigenvalue weighted by atomic mass is 9.93. The smallest absolute Gasteiger partial charge is 0.338 e. The van der Waals surface area contributed by atoms with E-state index in [0.29, 0.717) is 43.4 Å². The van der Waals surface area contributed by atoms with Gasteiger partial charge in [0, 0.05) is 43.1 Å². The van der Waals surface area contributed by atoms with Gasteiger partial charge < -0.3 is 15.0 Å². The van der Waals surface area contributed by atoms with Gasteiger partial charge >= 0.3 is 5.97 Å². The number of aromatic nitrogens is 4. The normalized spacial score (nSPS) is 18.5. The molecule has 12 heteroatoms. The van der Waals surface area contributed by atoms with E-state index in [4.69, 9.17) is 4.74 Å². The molecular weight excluding hydrogens is 482 g/mol. The second-order valence-electron chi connectivity index (χ2n) is 8.78. The standard InChI is InChI=1S/C24H27N7O4S/c1-17-21(23(32)35-16-18-8-4-3-5-9-18)22(31-24(25-17)26-27-28-31)19-10-6-7-11-20(19)29-12-14-30(15-13-29)36(2,33)34/h3-11,22H,12-16H2,1-2H3,(H,25,26,28). The van der Waals surface area contributed by atoms with E-state index in [1.165, 1.54) is 10.6 Å². The van der Waals surface area contributed by atoms with Crippen LogP contribution in [0.5, 0.6) is 0 Å². The summed E-state index contributed by atoms with van der Waals surface area (Å²) in [5.74, 6) is -0.0412. The van der Waals surface area contributed by atoms with Crippen LogP contribution in [0.25, 0.3) is 0 Å². The number of fused-ring (bicyclic) bond motifs is 1. The minimum atomic E-state index is -3.25. The van der Waals surface area contributed by atoms with Crippen LogP contribution in [-0.2, 0) is 26.2 Å². The zero-order chi connectivity index (χ0) is 25.3. The molecule has 188 valence electrons. The monoisotopic (exact) mass is 509 g/mol. The molecule has 2 aliphatic heterocycles. The van der Waals surface area contributed by atoms with Gasteiger partial charge in [0.2, 0.25) is 16.0 Å². The van der Waals surface area contributed by atoms with Crippen LogP contribution < -0.4 is 10.2 Å². The minimum Gasteiger partial charge on any atom is -0.457 e. The second kappa shape index (κ2) is 9.70. The molecule has 1 aromatic heterocycles. The summed E-state index contributed by atoms with van der Waals surface area (Å²) in [5.41, 5.74) is 3.62. The highest BCUT2D eigenvalue weighted by Gasteiger charge is 2.37. The molecule has 36 heavy (non-hydrogen) atoms. The number of allylic oxidation sites excluding steroid dienone is 1. The van der Waals surface area contributed by atoms with Gasteiger partial charge in [-0.3, -0.25) is 0 Å². The molecule has 3 heterocycles. The van der Waals surface area contributed by atoms with Crippen molar-refractivity contribution in [2.45, 2.75) is 19.6 Å². The fourth-order valence-electron chi connectivity index (χ4n) is 4.63. The first-order valence-corrected chi connectivity index (χ1v) is 13.4. The minimum absolute atomic E-state index is 0.140. The number of ether oxygens (including phenoxy) is 1. The number of piperazine rings is 1. The van der Waals surface area contributed by atoms with Crippen molar-refractivity contribution in [2.24, 2.45) is 0 Å². The van der Waals surface area contributed by atoms with Crippen LogP contribution in [0.2, 0.25) is 0 Å². The van der Waals surface area contributed by atoms with Crippen LogP contribution in [0.3, 0.4) is 0 Å². The summed E-state index contributed by atoms with van der Waals surface area (Å²) in [6.07, 6.45) is 1.23. The number of nitrogens with one attached hydrogen (secondary N) is 1. The van der Waals surface area contributed by atoms with Crippen molar-refractivity contribution < 1.29 is 17.9 Å². The highest BCUT2D eigenvalue weighted by molar-refractivity contribution is 7.88. The second-order valence-corrected chi connectivity index (χ2v) is 10.8. The third-order valence-corrected chi connectivity index (χ3v) is 7.73. The molecule has 1 unspecified atom stereocenters. The van der Waals surface area contributed by atoms with Gasteiger partial charge in [0.05, 0.1) is 11.8 Å². The molecule has 1 saturated heterocycles. The number of nitrogens with zero attached hydrogens (tertiary/aromatic N) is 6. The summed E-state index contributed by atoms with van der Waals surface area (Å²) in [6, 6.07) is 16.6. The van der Waals surface area contributed by atoms with E-state index in [1.54, 1.807) is 11.6 Å². The molecule has 5 rings (SSSR count). The fourth-order valence-corrected chi connectivity index (χ4v) is 5.46. The third kappa shape index (κ3) is 4.69. The quantitative estimate of drug-likeness (QED) is 0.496. The molecular formula is C24H27N7O4S. The van der Waals surface area contributed by atoms with Crippen molar-refractivity contribution in [1.82, 2.24) is 24.5 Å². The number of anilines is 2. The van der Waals surface area contributed by atoms with Gasteiger partial charge in [-0.15, -0.1) is 0 Å². The van der Waals surface area contributed by atoms with Crippen LogP contribution in [0.4, 0.5) is 11.6 Å². The molecule has 0 bridgehead atoms. The highest BCUT2D eigenvalue weighted by Crippen LogP contribution is 2.39. The van der Waals surface area contributed by atoms with E-state index in [2.05, 4.69) is 25.7 Å². The summed E-state index contributed by atoms with van der Waals surface area (Å²) in [5, 5.41) is 15.2. The van der Waals surface area contributed by atoms with Gasteiger partial charge in [-0.2, -0.15) is 8.99 Å². The Hall–Kier alpha value is -3.77. The average molecular weight is 510 g/mol. The van der Waals surface area contributed by atoms with Crippen LogP contribution >= 0.6 is 0 Å². The van der Waals surface area contributed by atoms with Crippen LogP contribution in [0, 0.1) is 0 Å². The van der Waals surface area contributed by atoms with E-state index in [0.717, 1.165) is 16.8 Å². The molecule has 1 fully saturated rings. The third-order valence-electron chi connectivity index (χ3n) is 6.43. The summed E-state index contributed by atoms with van der Waals surface area (Å²) in [7, 11) is -3.25. The summed E-state index contributed by atoms with van der Waals surface area (Å²) >= 11 is 0. The molecule has 1 atom stereocenters. The van der Waals surface area contributed by atoms with Crippen molar-refractivity contribution in [3.63, 3.8) is 0 Å². The Kier molecular flexibility index (Phi) is 6.46. The topological polar surface area (TPSA) is 123 Å². The maximum Gasteiger partial charge on any atom is 0.338 e. The van der Waals surface area contributed by atoms with E-state index < -0.39 is 22.0 Å². The largest absolute Gasteiger partial charge is 0.457 e. The van der Waals surface area contributed by atoms with Gasteiger partial charge in [0.25, 0.3) is 0 Å². The van der Waals surface area contributed by atoms with Crippen molar-refractivity contribution in [3.05, 3.63) is 77.0 Å². The average Bonchev–Trinajstić information content (AvgIpc) is 3.35. The van der Waals surface area contributed by atoms with Crippen LogP contribution in [-0.4, -0.2) is 71.3 Å². The summed E-state index contributed by atoms with van der Waals surface area (Å²) in [6.45, 7) is 3.76. The number of carbonyl (C=O) groups is 1. The number of esters is 1. The van der Waals surface area contributed by atoms with Gasteiger partial charge in [-0.25, -0.2) is 13.2 Å². The van der Waals surface area contributed by atoms with Crippen molar-refractivity contribution in [2.75, 3.05) is 42.7 Å². The van der Waals surface area contributed by atoms with Crippen molar-refractivity contribution in [3.8, 4) is 0 Å². The number of benzene rings is 2. The first-order chi connectivity index (χ1) is 17.3. The number of carbonyl (C=O) groups excluding carboxylic acids is 1. The highest BCUT2D eigenvalue weighted by atomic mass is 32.2. The predicted molar refractivity (Wildman–Crippen MR) is 134 cm³/mol. The molecule has 2 aromatic carbocycles. The number of hydrogen-bond acceptors (Lipinski definition) is 9. The fraction of sp³-hybridized carbons (Fsp3) is 0.333. The molecule has 0 aliphatic carbocycles. The zero-order valence-corrected chi connectivity index (χ0v) is 20.9. The van der Waals surface area contributed by atoms with E-state index in [9.17, 15) is 13.2 Å². The Balaban J connectivity index is 1.48. The van der Waals surface area contributed by atoms with Crippen LogP contribution in [0.15, 0.2) is 65.9 Å². The Morgan fingerprint density at radius 3 is 2.47 bits per heavy atom. The van der Waals surface area contributed by atoms with Crippen LogP contribution in [0.1, 0.15) is 24.1 Å². The number of hydrogen-bond donors (Lipinski definition) is 1. The first kappa shape index (κ1) is 23.9. The lowest BCUT2D eigenvalue weighted by Gasteiger charge is -2.37. The molecule has 0 amide bonds. The molecule has 1 N–H and O–H groups in total. The first-order valence-electron chi connectivity index (χ1n) is 11.6. The molecule has 11 nitrogen and oxygen atoms in total. The van der Waals surface area contributed by atoms with Crippen molar-refractivity contribution >= 4 is 27.6 Å². The SMILES string of the molecule is CC1=C(C(=O)OCc2ccccc2)C(c2ccccc2N2CCN(S(C)(=O)=O)CC2)n2nnnc2N1.